The lowest BCUT2D eigenvalue weighted by Crippen LogP contribution is -2.19. The van der Waals surface area contributed by atoms with Crippen LogP contribution < -0.4 is 4.74 Å². The number of ether oxygens (including phenoxy) is 1. The third-order valence-corrected chi connectivity index (χ3v) is 3.53. The van der Waals surface area contributed by atoms with E-state index in [0.717, 1.165) is 29.1 Å². The van der Waals surface area contributed by atoms with Crippen molar-refractivity contribution in [3.63, 3.8) is 0 Å². The second-order valence-corrected chi connectivity index (χ2v) is 5.59. The molecule has 1 aromatic heterocycles. The van der Waals surface area contributed by atoms with E-state index in [-0.39, 0.29) is 0 Å². The van der Waals surface area contributed by atoms with Crippen LogP contribution >= 0.6 is 0 Å². The van der Waals surface area contributed by atoms with Crippen molar-refractivity contribution in [3.8, 4) is 28.3 Å². The fourth-order valence-corrected chi connectivity index (χ4v) is 2.28. The lowest BCUT2D eigenvalue weighted by atomic mass is 10.1. The van der Waals surface area contributed by atoms with E-state index in [1.165, 1.54) is 0 Å². The highest BCUT2D eigenvalue weighted by atomic mass is 16.5. The van der Waals surface area contributed by atoms with Gasteiger partial charge < -0.3 is 14.2 Å². The summed E-state index contributed by atoms with van der Waals surface area (Å²) in [6.07, 6.45) is 0. The van der Waals surface area contributed by atoms with Crippen molar-refractivity contribution in [2.45, 2.75) is 0 Å². The molecule has 0 saturated carbocycles. The summed E-state index contributed by atoms with van der Waals surface area (Å²) in [6.45, 7) is 1.49. The highest BCUT2D eigenvalue weighted by Crippen LogP contribution is 2.32. The SMILES string of the molecule is CN(C)CCOc1ccccc1-c1cc(-c2ccccc2)no1. The van der Waals surface area contributed by atoms with Crippen molar-refractivity contribution in [2.24, 2.45) is 0 Å². The minimum Gasteiger partial charge on any atom is -0.491 e. The van der Waals surface area contributed by atoms with Crippen molar-refractivity contribution >= 4 is 0 Å². The van der Waals surface area contributed by atoms with Crippen LogP contribution in [0, 0.1) is 0 Å². The van der Waals surface area contributed by atoms with Crippen molar-refractivity contribution in [3.05, 3.63) is 60.7 Å². The highest BCUT2D eigenvalue weighted by Gasteiger charge is 2.12. The van der Waals surface area contributed by atoms with Gasteiger partial charge in [0.2, 0.25) is 0 Å². The van der Waals surface area contributed by atoms with Gasteiger partial charge in [-0.1, -0.05) is 47.6 Å². The maximum Gasteiger partial charge on any atom is 0.171 e. The molecule has 118 valence electrons. The number of hydrogen-bond donors (Lipinski definition) is 0. The summed E-state index contributed by atoms with van der Waals surface area (Å²) < 4.78 is 11.4. The highest BCUT2D eigenvalue weighted by molar-refractivity contribution is 5.70. The van der Waals surface area contributed by atoms with Gasteiger partial charge in [-0.15, -0.1) is 0 Å². The third-order valence-electron chi connectivity index (χ3n) is 3.53. The van der Waals surface area contributed by atoms with Crippen LogP contribution in [-0.2, 0) is 0 Å². The van der Waals surface area contributed by atoms with Gasteiger partial charge in [-0.05, 0) is 26.2 Å². The van der Waals surface area contributed by atoms with E-state index in [1.807, 2.05) is 74.8 Å². The molecule has 23 heavy (non-hydrogen) atoms. The predicted octanol–water partition coefficient (Wildman–Crippen LogP) is 3.95. The fourth-order valence-electron chi connectivity index (χ4n) is 2.28. The molecule has 0 unspecified atom stereocenters. The molecule has 4 nitrogen and oxygen atoms in total. The van der Waals surface area contributed by atoms with Gasteiger partial charge in [0, 0.05) is 18.2 Å². The zero-order valence-electron chi connectivity index (χ0n) is 13.4. The Kier molecular flexibility index (Phi) is 4.74. The van der Waals surface area contributed by atoms with Crippen LogP contribution in [0.15, 0.2) is 65.2 Å². The number of hydrogen-bond acceptors (Lipinski definition) is 4. The first-order chi connectivity index (χ1) is 11.2. The topological polar surface area (TPSA) is 38.5 Å². The number of benzene rings is 2. The monoisotopic (exact) mass is 308 g/mol. The second-order valence-electron chi connectivity index (χ2n) is 5.59. The van der Waals surface area contributed by atoms with E-state index in [4.69, 9.17) is 9.26 Å². The summed E-state index contributed by atoms with van der Waals surface area (Å²) in [5, 5.41) is 4.17. The number of rotatable bonds is 6. The smallest absolute Gasteiger partial charge is 0.171 e. The molecule has 0 bridgehead atoms. The van der Waals surface area contributed by atoms with Gasteiger partial charge in [-0.25, -0.2) is 0 Å². The first-order valence-corrected chi connectivity index (χ1v) is 7.63. The van der Waals surface area contributed by atoms with Gasteiger partial charge in [-0.2, -0.15) is 0 Å². The van der Waals surface area contributed by atoms with E-state index >= 15 is 0 Å². The molecule has 3 rings (SSSR count). The van der Waals surface area contributed by atoms with E-state index in [0.29, 0.717) is 12.4 Å². The minimum absolute atomic E-state index is 0.629. The molecule has 0 aliphatic rings. The second kappa shape index (κ2) is 7.11. The number of para-hydroxylation sites is 1. The van der Waals surface area contributed by atoms with Gasteiger partial charge in [0.25, 0.3) is 0 Å². The lowest BCUT2D eigenvalue weighted by molar-refractivity contribution is 0.261. The average molecular weight is 308 g/mol. The minimum atomic E-state index is 0.629. The molecule has 0 aliphatic carbocycles. The molecule has 0 atom stereocenters. The Bertz CT molecular complexity index is 751. The number of likely N-dealkylation sites (N-methyl/N-ethyl adjacent to an activating group) is 1. The largest absolute Gasteiger partial charge is 0.491 e. The summed E-state index contributed by atoms with van der Waals surface area (Å²) >= 11 is 0. The Morgan fingerprint density at radius 3 is 2.52 bits per heavy atom. The molecule has 0 radical (unpaired) electrons. The Balaban J connectivity index is 1.83. The predicted molar refractivity (Wildman–Crippen MR) is 91.4 cm³/mol. The summed E-state index contributed by atoms with van der Waals surface area (Å²) in [4.78, 5) is 2.09. The molecule has 2 aromatic carbocycles. The molecule has 4 heteroatoms. The molecule has 0 aliphatic heterocycles. The number of nitrogens with zero attached hydrogens (tertiary/aromatic N) is 2. The normalized spacial score (nSPS) is 10.9. The van der Waals surface area contributed by atoms with Crippen molar-refractivity contribution in [1.82, 2.24) is 10.1 Å². The van der Waals surface area contributed by atoms with Crippen LogP contribution in [0.5, 0.6) is 5.75 Å². The van der Waals surface area contributed by atoms with Crippen LogP contribution in [0.25, 0.3) is 22.6 Å². The van der Waals surface area contributed by atoms with Crippen molar-refractivity contribution in [1.29, 1.82) is 0 Å². The van der Waals surface area contributed by atoms with E-state index in [1.54, 1.807) is 0 Å². The quantitative estimate of drug-likeness (QED) is 0.691. The van der Waals surface area contributed by atoms with E-state index in [9.17, 15) is 0 Å². The first-order valence-electron chi connectivity index (χ1n) is 7.63. The van der Waals surface area contributed by atoms with Gasteiger partial charge in [0.05, 0.1) is 5.56 Å². The van der Waals surface area contributed by atoms with Crippen LogP contribution in [0.2, 0.25) is 0 Å². The van der Waals surface area contributed by atoms with Gasteiger partial charge >= 0.3 is 0 Å². The third kappa shape index (κ3) is 3.79. The molecule has 0 amide bonds. The Labute approximate surface area is 136 Å². The van der Waals surface area contributed by atoms with Gasteiger partial charge in [0.1, 0.15) is 18.1 Å². The molecule has 0 spiro atoms. The molecule has 0 saturated heterocycles. The zero-order chi connectivity index (χ0) is 16.1. The maximum atomic E-state index is 5.89. The summed E-state index contributed by atoms with van der Waals surface area (Å²) in [6, 6.07) is 19.8. The fraction of sp³-hybridized carbons (Fsp3) is 0.211. The molecule has 0 fully saturated rings. The average Bonchev–Trinajstić information content (AvgIpc) is 3.06. The summed E-state index contributed by atoms with van der Waals surface area (Å²) in [5.74, 6) is 1.52. The Morgan fingerprint density at radius 2 is 1.74 bits per heavy atom. The van der Waals surface area contributed by atoms with Crippen molar-refractivity contribution in [2.75, 3.05) is 27.2 Å². The zero-order valence-corrected chi connectivity index (χ0v) is 13.4. The summed E-state index contributed by atoms with van der Waals surface area (Å²) in [5.41, 5.74) is 2.78. The maximum absolute atomic E-state index is 5.89. The van der Waals surface area contributed by atoms with Crippen LogP contribution in [0.3, 0.4) is 0 Å². The Morgan fingerprint density at radius 1 is 1.00 bits per heavy atom. The van der Waals surface area contributed by atoms with Gasteiger partial charge in [0.15, 0.2) is 5.76 Å². The molecule has 0 N–H and O–H groups in total. The van der Waals surface area contributed by atoms with E-state index in [2.05, 4.69) is 10.1 Å². The standard InChI is InChI=1S/C19H20N2O2/c1-21(2)12-13-22-18-11-7-6-10-16(18)19-14-17(20-23-19)15-8-4-3-5-9-15/h3-11,14H,12-13H2,1-2H3. The molecular formula is C19H20N2O2. The number of aromatic nitrogens is 1. The van der Waals surface area contributed by atoms with Crippen LogP contribution in [0.4, 0.5) is 0 Å². The van der Waals surface area contributed by atoms with Crippen LogP contribution in [-0.4, -0.2) is 37.3 Å². The summed E-state index contributed by atoms with van der Waals surface area (Å²) in [7, 11) is 4.05. The lowest BCUT2D eigenvalue weighted by Gasteiger charge is -2.12. The molecular weight excluding hydrogens is 288 g/mol. The van der Waals surface area contributed by atoms with Gasteiger partial charge in [-0.3, -0.25) is 0 Å². The first kappa shape index (κ1) is 15.3. The molecule has 3 aromatic rings. The van der Waals surface area contributed by atoms with Crippen LogP contribution in [0.1, 0.15) is 0 Å². The van der Waals surface area contributed by atoms with E-state index < -0.39 is 0 Å². The molecule has 1 heterocycles. The van der Waals surface area contributed by atoms with Crippen molar-refractivity contribution < 1.29 is 9.26 Å². The Hall–Kier alpha value is -2.59.